The van der Waals surface area contributed by atoms with E-state index in [0.29, 0.717) is 35.1 Å². The summed E-state index contributed by atoms with van der Waals surface area (Å²) < 4.78 is 11.8. The third-order valence-corrected chi connectivity index (χ3v) is 6.51. The summed E-state index contributed by atoms with van der Waals surface area (Å²) in [6, 6.07) is 22.0. The number of ether oxygens (including phenoxy) is 1. The maximum Gasteiger partial charge on any atom is 0.255 e. The predicted molar refractivity (Wildman–Crippen MR) is 145 cm³/mol. The van der Waals surface area contributed by atoms with Crippen molar-refractivity contribution in [1.29, 1.82) is 0 Å². The Bertz CT molecular complexity index is 1380. The molecular weight excluding hydrogens is 468 g/mol. The number of anilines is 3. The van der Waals surface area contributed by atoms with Crippen LogP contribution in [0.4, 0.5) is 17.3 Å². The average molecular weight is 499 g/mol. The molecule has 1 aliphatic rings. The van der Waals surface area contributed by atoms with E-state index in [4.69, 9.17) is 14.9 Å². The Morgan fingerprint density at radius 3 is 2.59 bits per heavy atom. The fourth-order valence-electron chi connectivity index (χ4n) is 4.48. The standard InChI is InChI=1S/C29H30N4O4/c30-25-5-1-2-6-26(25)31-29(35)22-9-11-24(12-10-22)36-16-15-33(20-34)28-18-23-8-7-21(17-27(23)37-28)19-32-13-3-4-14-32/h1-2,5-12,17-18,20H,3-4,13-16,19,30H2,(H,31,35). The molecule has 0 radical (unpaired) electrons. The molecule has 0 saturated carbocycles. The molecule has 190 valence electrons. The first-order valence-corrected chi connectivity index (χ1v) is 12.4. The summed E-state index contributed by atoms with van der Waals surface area (Å²) >= 11 is 0. The second-order valence-electron chi connectivity index (χ2n) is 9.15. The summed E-state index contributed by atoms with van der Waals surface area (Å²) in [6.45, 7) is 3.78. The van der Waals surface area contributed by atoms with Crippen LogP contribution < -0.4 is 20.7 Å². The summed E-state index contributed by atoms with van der Waals surface area (Å²) in [5, 5.41) is 3.76. The highest BCUT2D eigenvalue weighted by Gasteiger charge is 2.15. The summed E-state index contributed by atoms with van der Waals surface area (Å²) in [5.74, 6) is 0.821. The van der Waals surface area contributed by atoms with Crippen LogP contribution in [0.2, 0.25) is 0 Å². The molecule has 3 N–H and O–H groups in total. The number of fused-ring (bicyclic) bond motifs is 1. The van der Waals surface area contributed by atoms with Crippen LogP contribution in [-0.2, 0) is 11.3 Å². The number of para-hydroxylation sites is 2. The van der Waals surface area contributed by atoms with Crippen molar-refractivity contribution in [3.8, 4) is 5.75 Å². The minimum Gasteiger partial charge on any atom is -0.492 e. The van der Waals surface area contributed by atoms with Crippen molar-refractivity contribution in [2.45, 2.75) is 19.4 Å². The summed E-state index contributed by atoms with van der Waals surface area (Å²) in [5.41, 5.74) is 9.42. The Balaban J connectivity index is 1.15. The molecule has 0 spiro atoms. The van der Waals surface area contributed by atoms with E-state index in [0.717, 1.165) is 37.0 Å². The molecule has 1 aliphatic heterocycles. The number of nitrogen functional groups attached to an aromatic ring is 1. The van der Waals surface area contributed by atoms with Crippen molar-refractivity contribution < 1.29 is 18.7 Å². The Morgan fingerprint density at radius 1 is 1.05 bits per heavy atom. The van der Waals surface area contributed by atoms with E-state index in [1.54, 1.807) is 36.4 Å². The molecule has 5 rings (SSSR count). The molecule has 2 heterocycles. The van der Waals surface area contributed by atoms with Crippen molar-refractivity contribution in [2.24, 2.45) is 0 Å². The molecule has 0 bridgehead atoms. The molecule has 2 amide bonds. The number of nitrogens with zero attached hydrogens (tertiary/aromatic N) is 2. The van der Waals surface area contributed by atoms with E-state index < -0.39 is 0 Å². The van der Waals surface area contributed by atoms with Gasteiger partial charge in [-0.3, -0.25) is 19.4 Å². The van der Waals surface area contributed by atoms with Gasteiger partial charge in [0.2, 0.25) is 12.3 Å². The van der Waals surface area contributed by atoms with Crippen LogP contribution >= 0.6 is 0 Å². The van der Waals surface area contributed by atoms with Crippen LogP contribution in [0.25, 0.3) is 11.0 Å². The first kappa shape index (κ1) is 24.4. The molecule has 1 aromatic heterocycles. The van der Waals surface area contributed by atoms with Crippen LogP contribution in [0.3, 0.4) is 0 Å². The summed E-state index contributed by atoms with van der Waals surface area (Å²) in [6.07, 6.45) is 3.26. The zero-order valence-corrected chi connectivity index (χ0v) is 20.6. The van der Waals surface area contributed by atoms with Crippen LogP contribution in [0, 0.1) is 0 Å². The fourth-order valence-corrected chi connectivity index (χ4v) is 4.48. The highest BCUT2D eigenvalue weighted by atomic mass is 16.5. The third-order valence-electron chi connectivity index (χ3n) is 6.51. The number of nitrogens with one attached hydrogen (secondary N) is 1. The molecule has 3 aromatic carbocycles. The lowest BCUT2D eigenvalue weighted by atomic mass is 10.1. The smallest absolute Gasteiger partial charge is 0.255 e. The maximum atomic E-state index is 12.5. The van der Waals surface area contributed by atoms with E-state index >= 15 is 0 Å². The number of rotatable bonds is 10. The summed E-state index contributed by atoms with van der Waals surface area (Å²) in [7, 11) is 0. The highest BCUT2D eigenvalue weighted by Crippen LogP contribution is 2.27. The first-order chi connectivity index (χ1) is 18.1. The number of nitrogens with two attached hydrogens (primary N) is 1. The van der Waals surface area contributed by atoms with Crippen molar-refractivity contribution in [3.63, 3.8) is 0 Å². The van der Waals surface area contributed by atoms with E-state index in [9.17, 15) is 9.59 Å². The van der Waals surface area contributed by atoms with Gasteiger partial charge in [0, 0.05) is 23.6 Å². The largest absolute Gasteiger partial charge is 0.492 e. The lowest BCUT2D eigenvalue weighted by molar-refractivity contribution is -0.107. The lowest BCUT2D eigenvalue weighted by Gasteiger charge is -2.15. The Kier molecular flexibility index (Phi) is 7.37. The monoisotopic (exact) mass is 498 g/mol. The molecular formula is C29H30N4O4. The lowest BCUT2D eigenvalue weighted by Crippen LogP contribution is -2.26. The highest BCUT2D eigenvalue weighted by molar-refractivity contribution is 6.05. The molecule has 0 unspecified atom stereocenters. The van der Waals surface area contributed by atoms with Crippen molar-refractivity contribution >= 4 is 40.5 Å². The molecule has 37 heavy (non-hydrogen) atoms. The Morgan fingerprint density at radius 2 is 1.84 bits per heavy atom. The Labute approximate surface area is 215 Å². The van der Waals surface area contributed by atoms with Gasteiger partial charge in [0.25, 0.3) is 5.91 Å². The number of likely N-dealkylation sites (tertiary alicyclic amines) is 1. The maximum absolute atomic E-state index is 12.5. The summed E-state index contributed by atoms with van der Waals surface area (Å²) in [4.78, 5) is 28.2. The van der Waals surface area contributed by atoms with Crippen LogP contribution in [-0.4, -0.2) is 43.5 Å². The SMILES string of the molecule is Nc1ccccc1NC(=O)c1ccc(OCCN(C=O)c2cc3ccc(CN4CCCC4)cc3o2)cc1. The third kappa shape index (κ3) is 5.92. The van der Waals surface area contributed by atoms with Crippen LogP contribution in [0.15, 0.2) is 77.2 Å². The molecule has 8 heteroatoms. The van der Waals surface area contributed by atoms with Gasteiger partial charge in [-0.05, 0) is 74.0 Å². The fraction of sp³-hybridized carbons (Fsp3) is 0.241. The van der Waals surface area contributed by atoms with Crippen molar-refractivity contribution in [3.05, 3.63) is 83.9 Å². The second-order valence-corrected chi connectivity index (χ2v) is 9.15. The first-order valence-electron chi connectivity index (χ1n) is 12.4. The van der Waals surface area contributed by atoms with E-state index in [1.165, 1.54) is 23.3 Å². The Hall–Kier alpha value is -4.30. The zero-order valence-electron chi connectivity index (χ0n) is 20.6. The molecule has 8 nitrogen and oxygen atoms in total. The van der Waals surface area contributed by atoms with Gasteiger partial charge in [-0.1, -0.05) is 24.3 Å². The molecule has 1 fully saturated rings. The van der Waals surface area contributed by atoms with Crippen molar-refractivity contribution in [1.82, 2.24) is 4.90 Å². The molecule has 0 aliphatic carbocycles. The van der Waals surface area contributed by atoms with Crippen LogP contribution in [0.5, 0.6) is 5.75 Å². The minimum absolute atomic E-state index is 0.259. The minimum atomic E-state index is -0.259. The number of carbonyl (C=O) groups excluding carboxylic acids is 2. The quantitative estimate of drug-likeness (QED) is 0.238. The number of hydrogen-bond acceptors (Lipinski definition) is 6. The number of amides is 2. The number of benzene rings is 3. The second kappa shape index (κ2) is 11.2. The van der Waals surface area contributed by atoms with Gasteiger partial charge in [0.05, 0.1) is 17.9 Å². The van der Waals surface area contributed by atoms with Gasteiger partial charge in [-0.15, -0.1) is 0 Å². The predicted octanol–water partition coefficient (Wildman–Crippen LogP) is 4.90. The van der Waals surface area contributed by atoms with Crippen LogP contribution in [0.1, 0.15) is 28.8 Å². The van der Waals surface area contributed by atoms with Gasteiger partial charge in [-0.25, -0.2) is 0 Å². The molecule has 0 atom stereocenters. The van der Waals surface area contributed by atoms with Gasteiger partial charge in [0.15, 0.2) is 0 Å². The van der Waals surface area contributed by atoms with Gasteiger partial charge < -0.3 is 20.2 Å². The van der Waals surface area contributed by atoms with Gasteiger partial charge in [0.1, 0.15) is 17.9 Å². The van der Waals surface area contributed by atoms with E-state index in [2.05, 4.69) is 22.3 Å². The number of furan rings is 1. The molecule has 4 aromatic rings. The van der Waals surface area contributed by atoms with E-state index in [-0.39, 0.29) is 12.5 Å². The van der Waals surface area contributed by atoms with Gasteiger partial charge in [-0.2, -0.15) is 0 Å². The number of carbonyl (C=O) groups is 2. The average Bonchev–Trinajstić information content (AvgIpc) is 3.58. The molecule has 1 saturated heterocycles. The van der Waals surface area contributed by atoms with Gasteiger partial charge >= 0.3 is 0 Å². The number of hydrogen-bond donors (Lipinski definition) is 2. The topological polar surface area (TPSA) is 101 Å². The van der Waals surface area contributed by atoms with E-state index in [1.807, 2.05) is 24.3 Å². The normalized spacial score (nSPS) is 13.5. The zero-order chi connectivity index (χ0) is 25.6. The van der Waals surface area contributed by atoms with Crippen molar-refractivity contribution in [2.75, 3.05) is 42.2 Å².